The van der Waals surface area contributed by atoms with E-state index >= 15 is 0 Å². The van der Waals surface area contributed by atoms with Crippen molar-refractivity contribution in [2.24, 2.45) is 0 Å². The summed E-state index contributed by atoms with van der Waals surface area (Å²) in [4.78, 5) is 36.3. The van der Waals surface area contributed by atoms with Gasteiger partial charge < -0.3 is 25.5 Å². The van der Waals surface area contributed by atoms with Crippen molar-refractivity contribution >= 4 is 23.2 Å². The number of ether oxygens (including phenoxy) is 1. The van der Waals surface area contributed by atoms with Crippen molar-refractivity contribution in [2.75, 3.05) is 5.73 Å². The Kier molecular flexibility index (Phi) is 4.27. The zero-order valence-corrected chi connectivity index (χ0v) is 15.0. The Morgan fingerprint density at radius 1 is 0.966 bits per heavy atom. The van der Waals surface area contributed by atoms with Gasteiger partial charge in [-0.1, -0.05) is 36.4 Å². The molecule has 29 heavy (non-hydrogen) atoms. The van der Waals surface area contributed by atoms with Crippen LogP contribution in [0.5, 0.6) is 17.2 Å². The van der Waals surface area contributed by atoms with E-state index in [9.17, 15) is 24.6 Å². The number of carboxylic acids is 1. The molecule has 144 valence electrons. The van der Waals surface area contributed by atoms with Crippen LogP contribution >= 0.6 is 0 Å². The second-order valence-corrected chi connectivity index (χ2v) is 6.56. The number of phenols is 1. The van der Waals surface area contributed by atoms with Crippen LogP contribution in [-0.4, -0.2) is 22.6 Å². The lowest BCUT2D eigenvalue weighted by molar-refractivity contribution is -0.304. The Balaban J connectivity index is 1.74. The van der Waals surface area contributed by atoms with Gasteiger partial charge in [0, 0.05) is 29.6 Å². The van der Waals surface area contributed by atoms with Crippen LogP contribution < -0.4 is 15.6 Å². The van der Waals surface area contributed by atoms with E-state index in [1.54, 1.807) is 24.3 Å². The molecular weight excluding hydrogens is 374 g/mol. The number of nitrogens with two attached hydrogens (primary N) is 1. The first-order chi connectivity index (χ1) is 13.9. The number of benzene rings is 3. The number of carbonyl (C=O) groups excluding carboxylic acids is 3. The standard InChI is InChI=1S/C22H15NO6/c23-20-16(29-12-7-5-11(6-8-12)9-17(25)26)10-15(24)18-19(20)22(28)14-4-2-1-3-13(14)21(18)27/h1-8,10,24H,9,23H2,(H,25,26)/p-1. The molecule has 0 saturated carbocycles. The average Bonchev–Trinajstić information content (AvgIpc) is 2.69. The van der Waals surface area contributed by atoms with E-state index in [4.69, 9.17) is 10.5 Å². The first-order valence-corrected chi connectivity index (χ1v) is 8.67. The molecule has 1 aliphatic rings. The van der Waals surface area contributed by atoms with Crippen molar-refractivity contribution < 1.29 is 29.3 Å². The summed E-state index contributed by atoms with van der Waals surface area (Å²) in [6.45, 7) is 0. The van der Waals surface area contributed by atoms with Crippen LogP contribution in [0.2, 0.25) is 0 Å². The van der Waals surface area contributed by atoms with Crippen LogP contribution in [0, 0.1) is 0 Å². The van der Waals surface area contributed by atoms with E-state index in [1.807, 2.05) is 0 Å². The van der Waals surface area contributed by atoms with Gasteiger partial charge >= 0.3 is 0 Å². The summed E-state index contributed by atoms with van der Waals surface area (Å²) < 4.78 is 5.68. The Morgan fingerprint density at radius 3 is 2.14 bits per heavy atom. The minimum absolute atomic E-state index is 0.00873. The molecule has 0 bridgehead atoms. The lowest BCUT2D eigenvalue weighted by Gasteiger charge is -2.21. The molecule has 0 unspecified atom stereocenters. The largest absolute Gasteiger partial charge is 0.550 e. The fourth-order valence-corrected chi connectivity index (χ4v) is 3.33. The van der Waals surface area contributed by atoms with Gasteiger partial charge in [0.25, 0.3) is 0 Å². The van der Waals surface area contributed by atoms with E-state index in [1.165, 1.54) is 30.3 Å². The van der Waals surface area contributed by atoms with Crippen molar-refractivity contribution in [1.82, 2.24) is 0 Å². The molecule has 3 N–H and O–H groups in total. The van der Waals surface area contributed by atoms with E-state index in [0.29, 0.717) is 11.3 Å². The maximum atomic E-state index is 12.9. The zero-order valence-electron chi connectivity index (χ0n) is 15.0. The van der Waals surface area contributed by atoms with Gasteiger partial charge in [0.1, 0.15) is 11.5 Å². The van der Waals surface area contributed by atoms with E-state index in [-0.39, 0.29) is 40.1 Å². The zero-order chi connectivity index (χ0) is 20.7. The summed E-state index contributed by atoms with van der Waals surface area (Å²) >= 11 is 0. The van der Waals surface area contributed by atoms with Crippen molar-refractivity contribution in [3.63, 3.8) is 0 Å². The number of carbonyl (C=O) groups is 3. The molecule has 0 aromatic heterocycles. The van der Waals surface area contributed by atoms with Crippen LogP contribution in [0.15, 0.2) is 54.6 Å². The highest BCUT2D eigenvalue weighted by Crippen LogP contribution is 2.42. The molecule has 0 fully saturated rings. The Hall–Kier alpha value is -4.13. The van der Waals surface area contributed by atoms with Crippen LogP contribution in [0.4, 0.5) is 5.69 Å². The SMILES string of the molecule is Nc1c(Oc2ccc(CC(=O)[O-])cc2)cc(O)c2c1C(=O)c1ccccc1C2=O. The average molecular weight is 388 g/mol. The number of phenolic OH excluding ortho intramolecular Hbond substituents is 1. The maximum absolute atomic E-state index is 12.9. The predicted molar refractivity (Wildman–Crippen MR) is 101 cm³/mol. The molecule has 4 rings (SSSR count). The van der Waals surface area contributed by atoms with Crippen LogP contribution in [0.3, 0.4) is 0 Å². The number of hydrogen-bond acceptors (Lipinski definition) is 7. The molecule has 0 saturated heterocycles. The van der Waals surface area contributed by atoms with Gasteiger partial charge in [-0.05, 0) is 17.7 Å². The molecule has 0 spiro atoms. The number of ketones is 2. The number of anilines is 1. The molecule has 0 heterocycles. The van der Waals surface area contributed by atoms with Crippen LogP contribution in [-0.2, 0) is 11.2 Å². The van der Waals surface area contributed by atoms with E-state index < -0.39 is 23.3 Å². The Bertz CT molecular complexity index is 1180. The van der Waals surface area contributed by atoms with Crippen molar-refractivity contribution in [3.05, 3.63) is 82.4 Å². The van der Waals surface area contributed by atoms with Crippen molar-refractivity contribution in [3.8, 4) is 17.2 Å². The van der Waals surface area contributed by atoms with Gasteiger partial charge in [0.15, 0.2) is 17.3 Å². The molecule has 0 amide bonds. The summed E-state index contributed by atoms with van der Waals surface area (Å²) in [6.07, 6.45) is -0.238. The molecule has 0 aliphatic heterocycles. The first-order valence-electron chi connectivity index (χ1n) is 8.67. The molecule has 0 atom stereocenters. The minimum atomic E-state index is -1.20. The van der Waals surface area contributed by atoms with Gasteiger partial charge in [0.05, 0.1) is 16.8 Å². The molecule has 0 radical (unpaired) electrons. The number of carboxylic acid groups (broad SMARTS) is 1. The van der Waals surface area contributed by atoms with E-state index in [2.05, 4.69) is 0 Å². The normalized spacial score (nSPS) is 12.3. The summed E-state index contributed by atoms with van der Waals surface area (Å²) in [7, 11) is 0. The lowest BCUT2D eigenvalue weighted by Crippen LogP contribution is -2.24. The number of fused-ring (bicyclic) bond motifs is 2. The summed E-state index contributed by atoms with van der Waals surface area (Å²) in [5, 5.41) is 21.1. The molecule has 7 heteroatoms. The third-order valence-corrected chi connectivity index (χ3v) is 4.68. The smallest absolute Gasteiger partial charge is 0.198 e. The van der Waals surface area contributed by atoms with Gasteiger partial charge in [-0.3, -0.25) is 9.59 Å². The van der Waals surface area contributed by atoms with Crippen LogP contribution in [0.1, 0.15) is 37.4 Å². The number of hydrogen-bond donors (Lipinski definition) is 2. The second-order valence-electron chi connectivity index (χ2n) is 6.56. The summed E-state index contributed by atoms with van der Waals surface area (Å²) in [5.74, 6) is -2.26. The highest BCUT2D eigenvalue weighted by Gasteiger charge is 2.35. The topological polar surface area (TPSA) is 130 Å². The third kappa shape index (κ3) is 3.08. The van der Waals surface area contributed by atoms with Gasteiger partial charge in [-0.2, -0.15) is 0 Å². The first kappa shape index (κ1) is 18.2. The van der Waals surface area contributed by atoms with Crippen molar-refractivity contribution in [2.45, 2.75) is 6.42 Å². The highest BCUT2D eigenvalue weighted by molar-refractivity contribution is 6.31. The second kappa shape index (κ2) is 6.79. The highest BCUT2D eigenvalue weighted by atomic mass is 16.5. The van der Waals surface area contributed by atoms with Crippen molar-refractivity contribution in [1.29, 1.82) is 0 Å². The molecular formula is C22H14NO6-. The molecule has 7 nitrogen and oxygen atoms in total. The predicted octanol–water partition coefficient (Wildman–Crippen LogP) is 1.83. The Morgan fingerprint density at radius 2 is 1.55 bits per heavy atom. The molecule has 3 aromatic carbocycles. The monoisotopic (exact) mass is 388 g/mol. The third-order valence-electron chi connectivity index (χ3n) is 4.68. The molecule has 3 aromatic rings. The molecule has 1 aliphatic carbocycles. The van der Waals surface area contributed by atoms with Gasteiger partial charge in [0.2, 0.25) is 0 Å². The number of aliphatic carboxylic acids is 1. The Labute approximate surface area is 165 Å². The lowest BCUT2D eigenvalue weighted by atomic mass is 9.82. The quantitative estimate of drug-likeness (QED) is 0.403. The fraction of sp³-hybridized carbons (Fsp3) is 0.0455. The fourth-order valence-electron chi connectivity index (χ4n) is 3.33. The van der Waals surface area contributed by atoms with Gasteiger partial charge in [-0.15, -0.1) is 0 Å². The number of rotatable bonds is 4. The summed E-state index contributed by atoms with van der Waals surface area (Å²) in [6, 6.07) is 13.6. The number of aromatic hydroxyl groups is 1. The minimum Gasteiger partial charge on any atom is -0.550 e. The summed E-state index contributed by atoms with van der Waals surface area (Å²) in [5.41, 5.74) is 6.75. The van der Waals surface area contributed by atoms with E-state index in [0.717, 1.165) is 0 Å². The van der Waals surface area contributed by atoms with Gasteiger partial charge in [-0.25, -0.2) is 0 Å². The van der Waals surface area contributed by atoms with Crippen LogP contribution in [0.25, 0.3) is 0 Å². The number of nitrogen functional groups attached to an aromatic ring is 1. The maximum Gasteiger partial charge on any atom is 0.198 e.